The second kappa shape index (κ2) is 10.3. The van der Waals surface area contributed by atoms with Gasteiger partial charge in [0.2, 0.25) is 5.91 Å². The van der Waals surface area contributed by atoms with Gasteiger partial charge in [-0.25, -0.2) is 0 Å². The number of fused-ring (bicyclic) bond motifs is 1. The molecule has 2 aromatic heterocycles. The van der Waals surface area contributed by atoms with Crippen molar-refractivity contribution in [2.24, 2.45) is 0 Å². The van der Waals surface area contributed by atoms with E-state index in [4.69, 9.17) is 4.42 Å². The van der Waals surface area contributed by atoms with Crippen LogP contribution in [0.1, 0.15) is 73.2 Å². The Morgan fingerprint density at radius 1 is 0.882 bits per heavy atom. The van der Waals surface area contributed by atoms with Gasteiger partial charge in [0.1, 0.15) is 6.54 Å². The Balaban J connectivity index is 1.67. The lowest BCUT2D eigenvalue weighted by Gasteiger charge is -2.23. The summed E-state index contributed by atoms with van der Waals surface area (Å²) in [5.74, 6) is 0.344. The van der Waals surface area contributed by atoms with Crippen molar-refractivity contribution in [3.63, 3.8) is 0 Å². The smallest absolute Gasteiger partial charge is 0.251 e. The topological polar surface area (TPSA) is 76.3 Å². The van der Waals surface area contributed by atoms with E-state index in [0.717, 1.165) is 54.3 Å². The van der Waals surface area contributed by atoms with E-state index in [1.807, 2.05) is 18.2 Å². The van der Waals surface area contributed by atoms with Crippen LogP contribution >= 0.6 is 0 Å². The molecule has 34 heavy (non-hydrogen) atoms. The van der Waals surface area contributed by atoms with E-state index in [2.05, 4.69) is 33.4 Å². The fraction of sp³-hybridized carbons (Fsp3) is 0.429. The van der Waals surface area contributed by atoms with Crippen molar-refractivity contribution >= 4 is 22.7 Å². The number of amides is 2. The average Bonchev–Trinajstić information content (AvgIpc) is 3.49. The summed E-state index contributed by atoms with van der Waals surface area (Å²) in [4.78, 5) is 25.9. The van der Waals surface area contributed by atoms with Crippen LogP contribution in [0.4, 0.5) is 0 Å². The number of hydrogen-bond acceptors (Lipinski definition) is 3. The van der Waals surface area contributed by atoms with Gasteiger partial charge in [0.25, 0.3) is 5.91 Å². The molecule has 0 saturated heterocycles. The number of furan rings is 1. The number of rotatable bonds is 2. The first kappa shape index (κ1) is 22.5. The van der Waals surface area contributed by atoms with Crippen molar-refractivity contribution in [3.05, 3.63) is 60.1 Å². The number of nitrogens with zero attached hydrogens (tertiary/aromatic N) is 1. The van der Waals surface area contributed by atoms with Gasteiger partial charge in [-0.3, -0.25) is 9.59 Å². The lowest BCUT2D eigenvalue weighted by atomic mass is 9.82. The van der Waals surface area contributed by atoms with Gasteiger partial charge in [0, 0.05) is 29.6 Å². The Kier molecular flexibility index (Phi) is 6.84. The third-order valence-corrected chi connectivity index (χ3v) is 7.11. The molecule has 2 amide bonds. The van der Waals surface area contributed by atoms with E-state index in [1.165, 1.54) is 24.8 Å². The van der Waals surface area contributed by atoms with Crippen LogP contribution in [0.3, 0.4) is 0 Å². The largest absolute Gasteiger partial charge is 0.472 e. The predicted octanol–water partition coefficient (Wildman–Crippen LogP) is 5.54. The van der Waals surface area contributed by atoms with Crippen molar-refractivity contribution in [1.82, 2.24) is 15.2 Å². The summed E-state index contributed by atoms with van der Waals surface area (Å²) >= 11 is 0. The molecular formula is C28H33N3O3. The fourth-order valence-electron chi connectivity index (χ4n) is 5.45. The maximum atomic E-state index is 13.0. The molecule has 0 atom stereocenters. The number of aromatic nitrogens is 1. The van der Waals surface area contributed by atoms with Crippen molar-refractivity contribution in [2.45, 2.75) is 63.8 Å². The Labute approximate surface area is 200 Å². The Morgan fingerprint density at radius 3 is 2.56 bits per heavy atom. The van der Waals surface area contributed by atoms with Crippen molar-refractivity contribution in [2.75, 3.05) is 13.1 Å². The number of carbonyl (C=O) groups is 2. The molecule has 5 rings (SSSR count). The Morgan fingerprint density at radius 2 is 1.74 bits per heavy atom. The minimum Gasteiger partial charge on any atom is -0.472 e. The quantitative estimate of drug-likeness (QED) is 0.495. The summed E-state index contributed by atoms with van der Waals surface area (Å²) < 4.78 is 7.57. The van der Waals surface area contributed by atoms with E-state index in [0.29, 0.717) is 24.6 Å². The molecule has 1 aliphatic heterocycles. The van der Waals surface area contributed by atoms with Gasteiger partial charge >= 0.3 is 0 Å². The third kappa shape index (κ3) is 4.67. The second-order valence-electron chi connectivity index (χ2n) is 9.44. The van der Waals surface area contributed by atoms with Crippen LogP contribution in [0, 0.1) is 0 Å². The molecule has 1 fully saturated rings. The summed E-state index contributed by atoms with van der Waals surface area (Å²) in [6.45, 7) is 1.48. The minimum atomic E-state index is -0.0799. The summed E-state index contributed by atoms with van der Waals surface area (Å²) in [7, 11) is 0. The minimum absolute atomic E-state index is 0.0113. The lowest BCUT2D eigenvalue weighted by molar-refractivity contribution is -0.121. The van der Waals surface area contributed by atoms with E-state index < -0.39 is 0 Å². The zero-order valence-electron chi connectivity index (χ0n) is 19.6. The van der Waals surface area contributed by atoms with Gasteiger partial charge < -0.3 is 19.6 Å². The first-order chi connectivity index (χ1) is 16.7. The van der Waals surface area contributed by atoms with E-state index in [-0.39, 0.29) is 18.4 Å². The van der Waals surface area contributed by atoms with Gasteiger partial charge in [-0.05, 0) is 61.8 Å². The van der Waals surface area contributed by atoms with Crippen LogP contribution in [0.25, 0.3) is 22.2 Å². The monoisotopic (exact) mass is 459 g/mol. The van der Waals surface area contributed by atoms with Crippen molar-refractivity contribution < 1.29 is 14.0 Å². The van der Waals surface area contributed by atoms with Crippen LogP contribution in [0.15, 0.2) is 53.4 Å². The Bertz CT molecular complexity index is 1180. The normalized spacial score (nSPS) is 19.8. The highest BCUT2D eigenvalue weighted by Gasteiger charge is 2.28. The lowest BCUT2D eigenvalue weighted by Crippen LogP contribution is -2.28. The third-order valence-electron chi connectivity index (χ3n) is 7.11. The first-order valence-electron chi connectivity index (χ1n) is 12.6. The predicted molar refractivity (Wildman–Crippen MR) is 134 cm³/mol. The molecule has 3 heterocycles. The molecule has 0 spiro atoms. The maximum Gasteiger partial charge on any atom is 0.251 e. The number of allylic oxidation sites excluding steroid dienone is 1. The van der Waals surface area contributed by atoms with Gasteiger partial charge in [0.05, 0.1) is 23.7 Å². The molecule has 0 unspecified atom stereocenters. The van der Waals surface area contributed by atoms with Crippen molar-refractivity contribution in [3.8, 4) is 11.3 Å². The highest BCUT2D eigenvalue weighted by Crippen LogP contribution is 2.44. The van der Waals surface area contributed by atoms with E-state index >= 15 is 0 Å². The molecule has 2 bridgehead atoms. The molecule has 1 aromatic carbocycles. The molecule has 3 aromatic rings. The van der Waals surface area contributed by atoms with E-state index in [1.54, 1.807) is 12.5 Å². The zero-order valence-corrected chi connectivity index (χ0v) is 19.6. The molecule has 0 radical (unpaired) electrons. The summed E-state index contributed by atoms with van der Waals surface area (Å²) in [5, 5.41) is 7.26. The molecule has 6 nitrogen and oxygen atoms in total. The summed E-state index contributed by atoms with van der Waals surface area (Å²) in [6, 6.07) is 7.93. The highest BCUT2D eigenvalue weighted by atomic mass is 16.3. The maximum absolute atomic E-state index is 13.0. The first-order valence-corrected chi connectivity index (χ1v) is 12.6. The van der Waals surface area contributed by atoms with Gasteiger partial charge in [-0.2, -0.15) is 0 Å². The van der Waals surface area contributed by atoms with Crippen LogP contribution < -0.4 is 10.6 Å². The van der Waals surface area contributed by atoms with Crippen LogP contribution in [-0.2, 0) is 11.3 Å². The van der Waals surface area contributed by atoms with E-state index in [9.17, 15) is 9.59 Å². The van der Waals surface area contributed by atoms with Crippen LogP contribution in [0.2, 0.25) is 0 Å². The number of carbonyl (C=O) groups excluding carboxylic acids is 2. The number of hydrogen-bond donors (Lipinski definition) is 2. The molecule has 2 aliphatic rings. The Hall–Kier alpha value is -3.28. The van der Waals surface area contributed by atoms with Gasteiger partial charge in [0.15, 0.2) is 0 Å². The standard InChI is InChI=1S/C28H33N3O3/c32-25-18-31-24-17-21(28(33)30-15-8-3-1-2-7-14-29-25)11-12-23(24)26(20-9-5-4-6-10-20)27(31)22-13-16-34-19-22/h1,3,11-13,16-17,19-20H,2,4-10,14-15,18H2,(H,29,32)(H,30,33)/b3-1+. The highest BCUT2D eigenvalue weighted by molar-refractivity contribution is 6.01. The van der Waals surface area contributed by atoms with Gasteiger partial charge in [-0.1, -0.05) is 37.5 Å². The SMILES string of the molecule is O=C1Cn2c(-c3ccoc3)c(C3CCCCC3)c3ccc(cc32)C(=O)NCC/C=C/CCCN1. The second-order valence-corrected chi connectivity index (χ2v) is 9.44. The van der Waals surface area contributed by atoms with Crippen molar-refractivity contribution in [1.29, 1.82) is 0 Å². The summed E-state index contributed by atoms with van der Waals surface area (Å²) in [5.41, 5.74) is 4.88. The molecule has 1 aliphatic carbocycles. The molecular weight excluding hydrogens is 426 g/mol. The number of benzene rings is 1. The fourth-order valence-corrected chi connectivity index (χ4v) is 5.45. The number of nitrogens with one attached hydrogen (secondary N) is 2. The van der Waals surface area contributed by atoms with Crippen LogP contribution in [0.5, 0.6) is 0 Å². The van der Waals surface area contributed by atoms with Gasteiger partial charge in [-0.15, -0.1) is 0 Å². The average molecular weight is 460 g/mol. The molecule has 6 heteroatoms. The molecule has 178 valence electrons. The molecule has 1 saturated carbocycles. The molecule has 2 N–H and O–H groups in total. The zero-order chi connectivity index (χ0) is 23.3. The summed E-state index contributed by atoms with van der Waals surface area (Å²) in [6.07, 6.45) is 16.3. The van der Waals surface area contributed by atoms with Crippen LogP contribution in [-0.4, -0.2) is 29.5 Å².